The second-order valence-electron chi connectivity index (χ2n) is 4.49. The molecule has 2 aromatic heterocycles. The van der Waals surface area contributed by atoms with Crippen molar-refractivity contribution in [3.05, 3.63) is 38.6 Å². The number of rotatable bonds is 3. The lowest BCUT2D eigenvalue weighted by Gasteiger charge is -2.11. The number of benzene rings is 1. The number of anilines is 3. The minimum atomic E-state index is 0.585. The number of aryl methyl sites for hydroxylation is 1. The molecule has 0 aliphatic rings. The molecule has 0 bridgehead atoms. The normalized spacial score (nSPS) is 10.9. The molecule has 108 valence electrons. The van der Waals surface area contributed by atoms with E-state index in [0.29, 0.717) is 11.0 Å². The average Bonchev–Trinajstić information content (AvgIpc) is 2.93. The Kier molecular flexibility index (Phi) is 4.01. The highest BCUT2D eigenvalue weighted by atomic mass is 79.9. The van der Waals surface area contributed by atoms with E-state index in [1.54, 1.807) is 18.4 Å². The van der Waals surface area contributed by atoms with Crippen molar-refractivity contribution >= 4 is 66.5 Å². The Hall–Kier alpha value is -1.37. The summed E-state index contributed by atoms with van der Waals surface area (Å²) >= 11 is 11.3. The third kappa shape index (κ3) is 2.84. The van der Waals surface area contributed by atoms with Crippen LogP contribution in [0, 0.1) is 6.92 Å². The Balaban J connectivity index is 2.09. The van der Waals surface area contributed by atoms with Gasteiger partial charge in [0.1, 0.15) is 10.6 Å². The molecule has 3 rings (SSSR count). The van der Waals surface area contributed by atoms with Gasteiger partial charge in [-0.05, 0) is 52.0 Å². The molecule has 0 radical (unpaired) electrons. The molecule has 1 aromatic carbocycles. The minimum absolute atomic E-state index is 0.585. The Labute approximate surface area is 139 Å². The van der Waals surface area contributed by atoms with Gasteiger partial charge in [-0.25, -0.2) is 4.98 Å². The van der Waals surface area contributed by atoms with Crippen LogP contribution in [0.3, 0.4) is 0 Å². The van der Waals surface area contributed by atoms with Crippen LogP contribution in [0.5, 0.6) is 0 Å². The molecule has 0 spiro atoms. The van der Waals surface area contributed by atoms with Gasteiger partial charge in [-0.1, -0.05) is 11.6 Å². The van der Waals surface area contributed by atoms with Gasteiger partial charge in [-0.2, -0.15) is 4.98 Å². The lowest BCUT2D eigenvalue weighted by atomic mass is 10.2. The summed E-state index contributed by atoms with van der Waals surface area (Å²) in [5.74, 6) is 1.34. The average molecular weight is 384 g/mol. The van der Waals surface area contributed by atoms with E-state index in [1.165, 1.54) is 0 Å². The zero-order valence-corrected chi connectivity index (χ0v) is 14.5. The zero-order valence-electron chi connectivity index (χ0n) is 11.4. The second kappa shape index (κ2) is 5.79. The highest BCUT2D eigenvalue weighted by Gasteiger charge is 2.11. The smallest absolute Gasteiger partial charge is 0.225 e. The van der Waals surface area contributed by atoms with Gasteiger partial charge in [0, 0.05) is 16.5 Å². The molecule has 0 aliphatic carbocycles. The van der Waals surface area contributed by atoms with Crippen molar-refractivity contribution < 1.29 is 0 Å². The first-order valence-corrected chi connectivity index (χ1v) is 8.29. The summed E-state index contributed by atoms with van der Waals surface area (Å²) in [6.45, 7) is 1.97. The van der Waals surface area contributed by atoms with E-state index in [1.807, 2.05) is 30.5 Å². The number of thiophene rings is 1. The summed E-state index contributed by atoms with van der Waals surface area (Å²) in [5.41, 5.74) is 1.90. The lowest BCUT2D eigenvalue weighted by Crippen LogP contribution is -2.01. The topological polar surface area (TPSA) is 49.8 Å². The molecule has 4 nitrogen and oxygen atoms in total. The van der Waals surface area contributed by atoms with E-state index in [9.17, 15) is 0 Å². The largest absolute Gasteiger partial charge is 0.357 e. The van der Waals surface area contributed by atoms with Crippen molar-refractivity contribution in [2.75, 3.05) is 17.7 Å². The highest BCUT2D eigenvalue weighted by molar-refractivity contribution is 9.10. The third-order valence-electron chi connectivity index (χ3n) is 3.05. The molecule has 7 heteroatoms. The summed E-state index contributed by atoms with van der Waals surface area (Å²) in [4.78, 5) is 9.85. The van der Waals surface area contributed by atoms with E-state index in [2.05, 4.69) is 36.5 Å². The van der Waals surface area contributed by atoms with E-state index in [0.717, 1.165) is 31.8 Å². The highest BCUT2D eigenvalue weighted by Crippen LogP contribution is 2.34. The Morgan fingerprint density at radius 2 is 2.10 bits per heavy atom. The summed E-state index contributed by atoms with van der Waals surface area (Å²) in [6.07, 6.45) is 0. The fraction of sp³-hybridized carbons (Fsp3) is 0.143. The van der Waals surface area contributed by atoms with Gasteiger partial charge in [0.25, 0.3) is 0 Å². The van der Waals surface area contributed by atoms with Crippen LogP contribution in [0.2, 0.25) is 5.02 Å². The van der Waals surface area contributed by atoms with Crippen molar-refractivity contribution in [1.29, 1.82) is 0 Å². The molecule has 2 N–H and O–H groups in total. The van der Waals surface area contributed by atoms with Crippen LogP contribution in [0.15, 0.2) is 28.1 Å². The van der Waals surface area contributed by atoms with Crippen LogP contribution in [-0.4, -0.2) is 17.0 Å². The van der Waals surface area contributed by atoms with Crippen molar-refractivity contribution in [2.45, 2.75) is 6.92 Å². The fourth-order valence-electron chi connectivity index (χ4n) is 1.93. The van der Waals surface area contributed by atoms with E-state index in [4.69, 9.17) is 11.6 Å². The van der Waals surface area contributed by atoms with Gasteiger partial charge in [0.15, 0.2) is 0 Å². The quantitative estimate of drug-likeness (QED) is 0.652. The first-order chi connectivity index (χ1) is 10.1. The SMILES string of the molecule is CNc1nc(Nc2cc(Cl)c(C)cc2Br)c2ccsc2n1. The van der Waals surface area contributed by atoms with E-state index < -0.39 is 0 Å². The Morgan fingerprint density at radius 1 is 1.29 bits per heavy atom. The third-order valence-corrected chi connectivity index (χ3v) is 4.92. The maximum absolute atomic E-state index is 6.20. The van der Waals surface area contributed by atoms with Gasteiger partial charge in [0.2, 0.25) is 5.95 Å². The van der Waals surface area contributed by atoms with Crippen LogP contribution < -0.4 is 10.6 Å². The predicted octanol–water partition coefficient (Wildman–Crippen LogP) is 5.20. The number of halogens is 2. The first-order valence-electron chi connectivity index (χ1n) is 6.24. The number of nitrogens with zero attached hydrogens (tertiary/aromatic N) is 2. The van der Waals surface area contributed by atoms with Gasteiger partial charge >= 0.3 is 0 Å². The molecule has 21 heavy (non-hydrogen) atoms. The van der Waals surface area contributed by atoms with Gasteiger partial charge < -0.3 is 10.6 Å². The van der Waals surface area contributed by atoms with Crippen LogP contribution >= 0.6 is 38.9 Å². The van der Waals surface area contributed by atoms with Crippen LogP contribution in [-0.2, 0) is 0 Å². The van der Waals surface area contributed by atoms with Gasteiger partial charge in [-0.15, -0.1) is 11.3 Å². The molecule has 0 saturated heterocycles. The first kappa shape index (κ1) is 14.6. The number of aromatic nitrogens is 2. The van der Waals surface area contributed by atoms with E-state index in [-0.39, 0.29) is 0 Å². The Morgan fingerprint density at radius 3 is 2.86 bits per heavy atom. The molecule has 0 amide bonds. The van der Waals surface area contributed by atoms with Crippen LogP contribution in [0.4, 0.5) is 17.5 Å². The molecular weight excluding hydrogens is 372 g/mol. The molecule has 0 atom stereocenters. The number of fused-ring (bicyclic) bond motifs is 1. The maximum atomic E-state index is 6.20. The van der Waals surface area contributed by atoms with Crippen molar-refractivity contribution in [2.24, 2.45) is 0 Å². The second-order valence-corrected chi connectivity index (χ2v) is 6.65. The number of hydrogen-bond acceptors (Lipinski definition) is 5. The molecule has 2 heterocycles. The molecule has 3 aromatic rings. The molecule has 0 aliphatic heterocycles. The van der Waals surface area contributed by atoms with Crippen molar-refractivity contribution in [3.63, 3.8) is 0 Å². The standard InChI is InChI=1S/C14H12BrClN4S/c1-7-5-9(15)11(6-10(7)16)18-12-8-3-4-21-13(8)20-14(17-2)19-12/h3-6H,1-2H3,(H2,17,18,19,20). The van der Waals surface area contributed by atoms with Crippen LogP contribution in [0.25, 0.3) is 10.2 Å². The van der Waals surface area contributed by atoms with Gasteiger partial charge in [-0.3, -0.25) is 0 Å². The van der Waals surface area contributed by atoms with Crippen molar-refractivity contribution in [1.82, 2.24) is 9.97 Å². The maximum Gasteiger partial charge on any atom is 0.225 e. The predicted molar refractivity (Wildman–Crippen MR) is 94.1 cm³/mol. The zero-order chi connectivity index (χ0) is 15.0. The minimum Gasteiger partial charge on any atom is -0.357 e. The monoisotopic (exact) mass is 382 g/mol. The Bertz CT molecular complexity index is 818. The fourth-order valence-corrected chi connectivity index (χ4v) is 3.42. The summed E-state index contributed by atoms with van der Waals surface area (Å²) in [7, 11) is 1.80. The van der Waals surface area contributed by atoms with E-state index >= 15 is 0 Å². The number of nitrogens with one attached hydrogen (secondary N) is 2. The summed E-state index contributed by atoms with van der Waals surface area (Å²) in [6, 6.07) is 5.88. The summed E-state index contributed by atoms with van der Waals surface area (Å²) < 4.78 is 0.942. The molecular formula is C14H12BrClN4S. The van der Waals surface area contributed by atoms with Crippen LogP contribution in [0.1, 0.15) is 5.56 Å². The molecule has 0 fully saturated rings. The lowest BCUT2D eigenvalue weighted by molar-refractivity contribution is 1.20. The molecule has 0 unspecified atom stereocenters. The molecule has 0 saturated carbocycles. The van der Waals surface area contributed by atoms with Crippen molar-refractivity contribution in [3.8, 4) is 0 Å². The summed E-state index contributed by atoms with van der Waals surface area (Å²) in [5, 5.41) is 10.0. The van der Waals surface area contributed by atoms with Gasteiger partial charge in [0.05, 0.1) is 11.1 Å². The number of hydrogen-bond donors (Lipinski definition) is 2.